The number of carbonyl (C=O) groups is 1. The molecule has 3 heterocycles. The minimum atomic E-state index is -0.0929. The van der Waals surface area contributed by atoms with Gasteiger partial charge in [-0.1, -0.05) is 24.3 Å². The molecule has 2 atom stereocenters. The van der Waals surface area contributed by atoms with Crippen LogP contribution in [0.1, 0.15) is 32.3 Å². The zero-order valence-electron chi connectivity index (χ0n) is 17.1. The molecule has 0 aliphatic carbocycles. The van der Waals surface area contributed by atoms with Gasteiger partial charge in [-0.2, -0.15) is 0 Å². The Morgan fingerprint density at radius 2 is 2.04 bits per heavy atom. The molecule has 1 aromatic rings. The summed E-state index contributed by atoms with van der Waals surface area (Å²) in [5.41, 5.74) is 2.20. The summed E-state index contributed by atoms with van der Waals surface area (Å²) in [6.07, 6.45) is 9.48. The second kappa shape index (κ2) is 9.85. The molecule has 1 fully saturated rings. The highest BCUT2D eigenvalue weighted by Crippen LogP contribution is 2.22. The molecule has 0 radical (unpaired) electrons. The number of anilines is 1. The Balaban J connectivity index is 1.49. The molecule has 1 amide bonds. The summed E-state index contributed by atoms with van der Waals surface area (Å²) in [6.45, 7) is 8.46. The summed E-state index contributed by atoms with van der Waals surface area (Å²) < 4.78 is 11.2. The summed E-state index contributed by atoms with van der Waals surface area (Å²) in [4.78, 5) is 19.4. The number of hydrogen-bond donors (Lipinski definition) is 1. The number of nitrogens with zero attached hydrogens (tertiary/aromatic N) is 2. The first kappa shape index (κ1) is 20.6. The first-order chi connectivity index (χ1) is 13.5. The second-order valence-electron chi connectivity index (χ2n) is 7.60. The lowest BCUT2D eigenvalue weighted by Gasteiger charge is -2.32. The third kappa shape index (κ3) is 5.66. The average Bonchev–Trinajstić information content (AvgIpc) is 2.77. The van der Waals surface area contributed by atoms with Gasteiger partial charge in [-0.15, -0.1) is 0 Å². The quantitative estimate of drug-likeness (QED) is 0.863. The predicted octanol–water partition coefficient (Wildman–Crippen LogP) is 2.99. The molecular weight excluding hydrogens is 354 g/mol. The Hall–Kier alpha value is -2.18. The Labute approximate surface area is 167 Å². The van der Waals surface area contributed by atoms with Crippen molar-refractivity contribution >= 4 is 11.7 Å². The zero-order valence-corrected chi connectivity index (χ0v) is 17.1. The van der Waals surface area contributed by atoms with Crippen molar-refractivity contribution in [3.63, 3.8) is 0 Å². The molecule has 2 aliphatic rings. The van der Waals surface area contributed by atoms with Gasteiger partial charge in [0.2, 0.25) is 5.91 Å². The van der Waals surface area contributed by atoms with Crippen LogP contribution < -0.4 is 10.2 Å². The number of allylic oxidation sites excluding steroid dienone is 2. The number of pyridine rings is 1. The van der Waals surface area contributed by atoms with Gasteiger partial charge >= 0.3 is 0 Å². The standard InChI is InChI=1S/C22H31N3O3/c1-16-7-8-21(23-13-16)25-11-9-19(10-12-25)22(26)24-14-20-6-4-5-17(2)27-15-28-18(20)3/h4-8,13,17-19H,9-12,14-15H2,1-3H3,(H,24,26)/b5-4-,20-6-. The van der Waals surface area contributed by atoms with Crippen molar-refractivity contribution in [2.45, 2.75) is 45.8 Å². The maximum atomic E-state index is 12.7. The topological polar surface area (TPSA) is 63.7 Å². The van der Waals surface area contributed by atoms with Crippen LogP contribution in [0.3, 0.4) is 0 Å². The van der Waals surface area contributed by atoms with E-state index in [1.54, 1.807) is 0 Å². The largest absolute Gasteiger partial charge is 0.357 e. The van der Waals surface area contributed by atoms with Crippen LogP contribution in [0.25, 0.3) is 0 Å². The Morgan fingerprint density at radius 1 is 1.25 bits per heavy atom. The van der Waals surface area contributed by atoms with E-state index in [0.717, 1.165) is 42.9 Å². The van der Waals surface area contributed by atoms with Crippen molar-refractivity contribution < 1.29 is 14.3 Å². The molecule has 1 saturated heterocycles. The van der Waals surface area contributed by atoms with Crippen LogP contribution in [0.15, 0.2) is 42.1 Å². The number of hydrogen-bond acceptors (Lipinski definition) is 5. The maximum absolute atomic E-state index is 12.7. The molecule has 3 rings (SSSR count). The van der Waals surface area contributed by atoms with E-state index < -0.39 is 0 Å². The fourth-order valence-electron chi connectivity index (χ4n) is 3.44. The van der Waals surface area contributed by atoms with Gasteiger partial charge in [0.25, 0.3) is 0 Å². The normalized spacial score (nSPS) is 27.1. The van der Waals surface area contributed by atoms with E-state index in [4.69, 9.17) is 9.47 Å². The molecule has 2 aliphatic heterocycles. The minimum Gasteiger partial charge on any atom is -0.357 e. The van der Waals surface area contributed by atoms with E-state index in [1.807, 2.05) is 45.2 Å². The summed E-state index contributed by atoms with van der Waals surface area (Å²) in [5, 5.41) is 3.10. The molecule has 0 bridgehead atoms. The average molecular weight is 386 g/mol. The van der Waals surface area contributed by atoms with Gasteiger partial charge < -0.3 is 19.7 Å². The number of amides is 1. The fraction of sp³-hybridized carbons (Fsp3) is 0.545. The first-order valence-electron chi connectivity index (χ1n) is 10.1. The van der Waals surface area contributed by atoms with Crippen LogP contribution in [-0.2, 0) is 14.3 Å². The van der Waals surface area contributed by atoms with Gasteiger partial charge in [-0.05, 0) is 50.8 Å². The van der Waals surface area contributed by atoms with Gasteiger partial charge in [0, 0.05) is 31.7 Å². The van der Waals surface area contributed by atoms with Crippen LogP contribution in [0.5, 0.6) is 0 Å². The third-order valence-electron chi connectivity index (χ3n) is 5.42. The number of piperidine rings is 1. The lowest BCUT2D eigenvalue weighted by Crippen LogP contribution is -2.41. The summed E-state index contributed by atoms with van der Waals surface area (Å²) in [6, 6.07) is 4.13. The van der Waals surface area contributed by atoms with Crippen LogP contribution in [0, 0.1) is 12.8 Å². The van der Waals surface area contributed by atoms with Gasteiger partial charge in [0.15, 0.2) is 0 Å². The number of nitrogens with one attached hydrogen (secondary N) is 1. The Morgan fingerprint density at radius 3 is 2.75 bits per heavy atom. The van der Waals surface area contributed by atoms with Gasteiger partial charge in [-0.25, -0.2) is 4.98 Å². The van der Waals surface area contributed by atoms with E-state index in [9.17, 15) is 4.79 Å². The van der Waals surface area contributed by atoms with Crippen molar-refractivity contribution in [2.24, 2.45) is 5.92 Å². The molecule has 0 spiro atoms. The monoisotopic (exact) mass is 385 g/mol. The van der Waals surface area contributed by atoms with E-state index in [1.165, 1.54) is 0 Å². The van der Waals surface area contributed by atoms with Gasteiger partial charge in [-0.3, -0.25) is 4.79 Å². The van der Waals surface area contributed by atoms with Crippen molar-refractivity contribution in [3.8, 4) is 0 Å². The van der Waals surface area contributed by atoms with Crippen molar-refractivity contribution in [2.75, 3.05) is 31.3 Å². The van der Waals surface area contributed by atoms with Crippen molar-refractivity contribution in [1.29, 1.82) is 0 Å². The molecule has 1 N–H and O–H groups in total. The molecule has 0 saturated carbocycles. The molecule has 152 valence electrons. The zero-order chi connectivity index (χ0) is 19.9. The molecule has 6 nitrogen and oxygen atoms in total. The molecule has 28 heavy (non-hydrogen) atoms. The SMILES string of the molecule is Cc1ccc(N2CCC(C(=O)NC/C3=C/C=C\C(C)OCOC3C)CC2)nc1. The molecule has 2 unspecified atom stereocenters. The smallest absolute Gasteiger partial charge is 0.223 e. The highest BCUT2D eigenvalue weighted by atomic mass is 16.7. The Kier molecular flexibility index (Phi) is 7.23. The lowest BCUT2D eigenvalue weighted by molar-refractivity contribution is -0.125. The number of rotatable bonds is 4. The maximum Gasteiger partial charge on any atom is 0.223 e. The lowest BCUT2D eigenvalue weighted by atomic mass is 9.95. The third-order valence-corrected chi connectivity index (χ3v) is 5.42. The first-order valence-corrected chi connectivity index (χ1v) is 10.1. The van der Waals surface area contributed by atoms with Crippen molar-refractivity contribution in [1.82, 2.24) is 10.3 Å². The number of ether oxygens (including phenoxy) is 2. The van der Waals surface area contributed by atoms with Gasteiger partial charge in [0.05, 0.1) is 12.2 Å². The van der Waals surface area contributed by atoms with Crippen LogP contribution >= 0.6 is 0 Å². The summed E-state index contributed by atoms with van der Waals surface area (Å²) in [7, 11) is 0. The molecule has 0 aromatic carbocycles. The van der Waals surface area contributed by atoms with E-state index >= 15 is 0 Å². The molecular formula is C22H31N3O3. The number of aryl methyl sites for hydroxylation is 1. The van der Waals surface area contributed by atoms with Crippen LogP contribution in [-0.4, -0.2) is 49.5 Å². The van der Waals surface area contributed by atoms with E-state index in [-0.39, 0.29) is 30.8 Å². The highest BCUT2D eigenvalue weighted by Gasteiger charge is 2.26. The molecule has 1 aromatic heterocycles. The van der Waals surface area contributed by atoms with Gasteiger partial charge in [0.1, 0.15) is 12.6 Å². The fourth-order valence-corrected chi connectivity index (χ4v) is 3.44. The number of carbonyl (C=O) groups excluding carboxylic acids is 1. The van der Waals surface area contributed by atoms with E-state index in [0.29, 0.717) is 6.54 Å². The minimum absolute atomic E-state index is 0.0191. The predicted molar refractivity (Wildman–Crippen MR) is 110 cm³/mol. The second-order valence-corrected chi connectivity index (χ2v) is 7.60. The van der Waals surface area contributed by atoms with Crippen LogP contribution in [0.2, 0.25) is 0 Å². The Bertz CT molecular complexity index is 706. The highest BCUT2D eigenvalue weighted by molar-refractivity contribution is 5.79. The summed E-state index contributed by atoms with van der Waals surface area (Å²) in [5.74, 6) is 1.17. The molecule has 6 heteroatoms. The summed E-state index contributed by atoms with van der Waals surface area (Å²) >= 11 is 0. The van der Waals surface area contributed by atoms with Crippen molar-refractivity contribution in [3.05, 3.63) is 47.7 Å². The number of aromatic nitrogens is 1. The van der Waals surface area contributed by atoms with Crippen LogP contribution in [0.4, 0.5) is 5.82 Å². The van der Waals surface area contributed by atoms with E-state index in [2.05, 4.69) is 27.3 Å².